The third kappa shape index (κ3) is 2.84. The molecule has 0 aliphatic carbocycles. The molecule has 0 aliphatic rings. The van der Waals surface area contributed by atoms with Crippen molar-refractivity contribution in [2.75, 3.05) is 0 Å². The van der Waals surface area contributed by atoms with E-state index in [9.17, 15) is 13.2 Å². The van der Waals surface area contributed by atoms with Crippen LogP contribution in [0.1, 0.15) is 20.3 Å². The van der Waals surface area contributed by atoms with E-state index >= 15 is 0 Å². The molecule has 0 saturated heterocycles. The molecule has 19 heavy (non-hydrogen) atoms. The first-order valence-corrected chi connectivity index (χ1v) is 7.68. The van der Waals surface area contributed by atoms with Gasteiger partial charge in [-0.25, -0.2) is 8.42 Å². The fourth-order valence-electron chi connectivity index (χ4n) is 2.09. The monoisotopic (exact) mass is 276 g/mol. The molecule has 2 aromatic rings. The van der Waals surface area contributed by atoms with Crippen LogP contribution in [0.15, 0.2) is 47.4 Å². The molecule has 0 amide bonds. The molecule has 0 aromatic heterocycles. The molecule has 0 saturated carbocycles. The van der Waals surface area contributed by atoms with Gasteiger partial charge in [0.25, 0.3) is 0 Å². The summed E-state index contributed by atoms with van der Waals surface area (Å²) in [7, 11) is -3.45. The van der Waals surface area contributed by atoms with Gasteiger partial charge in [-0.1, -0.05) is 30.3 Å². The lowest BCUT2D eigenvalue weighted by Gasteiger charge is -2.12. The maximum atomic E-state index is 12.4. The summed E-state index contributed by atoms with van der Waals surface area (Å²) in [6, 6.07) is 12.7. The third-order valence-corrected chi connectivity index (χ3v) is 5.29. The smallest absolute Gasteiger partial charge is 0.181 e. The normalized spacial score (nSPS) is 13.4. The molecule has 0 aliphatic heterocycles. The summed E-state index contributed by atoms with van der Waals surface area (Å²) < 4.78 is 24.7. The fourth-order valence-corrected chi connectivity index (χ4v) is 3.56. The molecule has 4 heteroatoms. The van der Waals surface area contributed by atoms with Crippen LogP contribution < -0.4 is 0 Å². The van der Waals surface area contributed by atoms with Gasteiger partial charge in [-0.15, -0.1) is 0 Å². The van der Waals surface area contributed by atoms with Crippen molar-refractivity contribution >= 4 is 26.4 Å². The number of carbonyl (C=O) groups excluding carboxylic acids is 1. The molecule has 100 valence electrons. The van der Waals surface area contributed by atoms with Crippen LogP contribution in [0.4, 0.5) is 0 Å². The van der Waals surface area contributed by atoms with E-state index in [-0.39, 0.29) is 17.1 Å². The van der Waals surface area contributed by atoms with Crippen LogP contribution in [-0.2, 0) is 14.6 Å². The Bertz CT molecular complexity index is 717. The molecule has 2 rings (SSSR count). The Balaban J connectivity index is 2.45. The van der Waals surface area contributed by atoms with Crippen molar-refractivity contribution in [3.05, 3.63) is 42.5 Å². The van der Waals surface area contributed by atoms with E-state index in [0.717, 1.165) is 10.8 Å². The molecule has 0 bridgehead atoms. The molecule has 0 N–H and O–H groups in total. The van der Waals surface area contributed by atoms with E-state index in [1.807, 2.05) is 24.3 Å². The summed E-state index contributed by atoms with van der Waals surface area (Å²) in [6.07, 6.45) is 0.0508. The molecule has 3 nitrogen and oxygen atoms in total. The first kappa shape index (κ1) is 13.7. The number of benzene rings is 2. The number of sulfone groups is 1. The summed E-state index contributed by atoms with van der Waals surface area (Å²) in [4.78, 5) is 11.4. The predicted octanol–water partition coefficient (Wildman–Crippen LogP) is 2.98. The Kier molecular flexibility index (Phi) is 3.71. The average Bonchev–Trinajstić information content (AvgIpc) is 2.37. The van der Waals surface area contributed by atoms with Gasteiger partial charge in [0.2, 0.25) is 0 Å². The fraction of sp³-hybridized carbons (Fsp3) is 0.267. The Morgan fingerprint density at radius 2 is 1.74 bits per heavy atom. The quantitative estimate of drug-likeness (QED) is 0.862. The zero-order valence-corrected chi connectivity index (χ0v) is 11.8. The van der Waals surface area contributed by atoms with Crippen molar-refractivity contribution in [2.45, 2.75) is 30.4 Å². The Hall–Kier alpha value is -1.68. The van der Waals surface area contributed by atoms with E-state index in [1.54, 1.807) is 25.1 Å². The van der Waals surface area contributed by atoms with Crippen molar-refractivity contribution in [3.63, 3.8) is 0 Å². The van der Waals surface area contributed by atoms with E-state index < -0.39 is 15.1 Å². The van der Waals surface area contributed by atoms with Crippen molar-refractivity contribution in [1.29, 1.82) is 0 Å². The number of hydrogen-bond donors (Lipinski definition) is 0. The van der Waals surface area contributed by atoms with Crippen LogP contribution in [0.2, 0.25) is 0 Å². The Labute approximate surface area is 113 Å². The largest absolute Gasteiger partial charge is 0.300 e. The summed E-state index contributed by atoms with van der Waals surface area (Å²) >= 11 is 0. The van der Waals surface area contributed by atoms with Crippen molar-refractivity contribution in [1.82, 2.24) is 0 Å². The van der Waals surface area contributed by atoms with Crippen LogP contribution >= 0.6 is 0 Å². The first-order chi connectivity index (χ1) is 8.91. The Morgan fingerprint density at radius 1 is 1.11 bits per heavy atom. The van der Waals surface area contributed by atoms with Crippen molar-refractivity contribution in [3.8, 4) is 0 Å². The van der Waals surface area contributed by atoms with Gasteiger partial charge in [0, 0.05) is 6.42 Å². The molecular weight excluding hydrogens is 260 g/mol. The number of hydrogen-bond acceptors (Lipinski definition) is 3. The molecule has 0 heterocycles. The summed E-state index contributed by atoms with van der Waals surface area (Å²) in [6.45, 7) is 2.98. The lowest BCUT2D eigenvalue weighted by atomic mass is 10.1. The highest BCUT2D eigenvalue weighted by Crippen LogP contribution is 2.23. The van der Waals surface area contributed by atoms with Gasteiger partial charge in [0.1, 0.15) is 5.78 Å². The molecule has 1 atom stereocenters. The minimum absolute atomic E-state index is 0.0508. The molecule has 2 aromatic carbocycles. The maximum absolute atomic E-state index is 12.4. The number of rotatable bonds is 4. The molecule has 1 unspecified atom stereocenters. The lowest BCUT2D eigenvalue weighted by Crippen LogP contribution is -2.20. The summed E-state index contributed by atoms with van der Waals surface area (Å²) in [5.74, 6) is -0.114. The zero-order chi connectivity index (χ0) is 14.0. The first-order valence-electron chi connectivity index (χ1n) is 6.13. The maximum Gasteiger partial charge on any atom is 0.181 e. The van der Waals surface area contributed by atoms with Crippen LogP contribution in [0.3, 0.4) is 0 Å². The van der Waals surface area contributed by atoms with Crippen molar-refractivity contribution in [2.24, 2.45) is 0 Å². The number of ketones is 1. The van der Waals surface area contributed by atoms with Crippen LogP contribution in [-0.4, -0.2) is 19.5 Å². The third-order valence-electron chi connectivity index (χ3n) is 3.15. The number of carbonyl (C=O) groups is 1. The highest BCUT2D eigenvalue weighted by atomic mass is 32.2. The second kappa shape index (κ2) is 5.13. The van der Waals surface area contributed by atoms with Gasteiger partial charge >= 0.3 is 0 Å². The van der Waals surface area contributed by atoms with Crippen molar-refractivity contribution < 1.29 is 13.2 Å². The molecule has 0 spiro atoms. The second-order valence-corrected chi connectivity index (χ2v) is 7.14. The van der Waals surface area contributed by atoms with Gasteiger partial charge in [-0.05, 0) is 36.8 Å². The van der Waals surface area contributed by atoms with Crippen LogP contribution in [0.25, 0.3) is 10.8 Å². The van der Waals surface area contributed by atoms with Gasteiger partial charge < -0.3 is 0 Å². The van der Waals surface area contributed by atoms with Crippen LogP contribution in [0.5, 0.6) is 0 Å². The summed E-state index contributed by atoms with van der Waals surface area (Å²) in [5.41, 5.74) is 0. The average molecular weight is 276 g/mol. The lowest BCUT2D eigenvalue weighted by molar-refractivity contribution is -0.116. The molecule has 0 fully saturated rings. The highest BCUT2D eigenvalue weighted by Gasteiger charge is 2.24. The Morgan fingerprint density at radius 3 is 2.37 bits per heavy atom. The minimum atomic E-state index is -3.45. The zero-order valence-electron chi connectivity index (χ0n) is 11.0. The van der Waals surface area contributed by atoms with E-state index in [4.69, 9.17) is 0 Å². The minimum Gasteiger partial charge on any atom is -0.300 e. The second-order valence-electron chi connectivity index (χ2n) is 4.77. The van der Waals surface area contributed by atoms with E-state index in [2.05, 4.69) is 0 Å². The highest BCUT2D eigenvalue weighted by molar-refractivity contribution is 7.92. The van der Waals surface area contributed by atoms with Gasteiger partial charge in [0.15, 0.2) is 9.84 Å². The predicted molar refractivity (Wildman–Crippen MR) is 75.9 cm³/mol. The summed E-state index contributed by atoms with van der Waals surface area (Å²) in [5, 5.41) is 1.20. The standard InChI is InChI=1S/C15H16O3S/c1-11(16)9-12(2)19(17,18)15-8-7-13-5-3-4-6-14(13)10-15/h3-8,10,12H,9H2,1-2H3. The van der Waals surface area contributed by atoms with Crippen LogP contribution in [0, 0.1) is 0 Å². The van der Waals surface area contributed by atoms with Gasteiger partial charge in [-0.2, -0.15) is 0 Å². The topological polar surface area (TPSA) is 51.2 Å². The molecular formula is C15H16O3S. The van der Waals surface area contributed by atoms with E-state index in [1.165, 1.54) is 6.92 Å². The van der Waals surface area contributed by atoms with E-state index in [0.29, 0.717) is 0 Å². The number of Topliss-reactive ketones (excluding diaryl/α,β-unsaturated/α-hetero) is 1. The number of fused-ring (bicyclic) bond motifs is 1. The van der Waals surface area contributed by atoms with Gasteiger partial charge in [0.05, 0.1) is 10.1 Å². The molecule has 0 radical (unpaired) electrons. The SMILES string of the molecule is CC(=O)CC(C)S(=O)(=O)c1ccc2ccccc2c1. The van der Waals surface area contributed by atoms with Gasteiger partial charge in [-0.3, -0.25) is 4.79 Å².